The molecule has 0 atom stereocenters. The molecule has 0 aliphatic carbocycles. The highest BCUT2D eigenvalue weighted by Crippen LogP contribution is 2.23. The highest BCUT2D eigenvalue weighted by molar-refractivity contribution is 6.35. The first-order valence-electron chi connectivity index (χ1n) is 5.58. The highest BCUT2D eigenvalue weighted by Gasteiger charge is 2.08. The summed E-state index contributed by atoms with van der Waals surface area (Å²) in [5.74, 6) is -0.256. The van der Waals surface area contributed by atoms with Crippen LogP contribution in [0.5, 0.6) is 0 Å². The van der Waals surface area contributed by atoms with Crippen LogP contribution in [0, 0.1) is 6.92 Å². The fourth-order valence-corrected chi connectivity index (χ4v) is 2.30. The van der Waals surface area contributed by atoms with E-state index in [2.05, 4.69) is 5.32 Å². The topological polar surface area (TPSA) is 55.1 Å². The van der Waals surface area contributed by atoms with E-state index in [-0.39, 0.29) is 5.91 Å². The maximum absolute atomic E-state index is 12.1. The van der Waals surface area contributed by atoms with Crippen LogP contribution in [-0.4, -0.2) is 5.91 Å². The molecule has 98 valence electrons. The van der Waals surface area contributed by atoms with Gasteiger partial charge < -0.3 is 11.1 Å². The first kappa shape index (κ1) is 13.7. The van der Waals surface area contributed by atoms with E-state index < -0.39 is 0 Å². The van der Waals surface area contributed by atoms with Crippen molar-refractivity contribution in [1.29, 1.82) is 0 Å². The molecule has 2 aromatic rings. The summed E-state index contributed by atoms with van der Waals surface area (Å²) in [6.07, 6.45) is 0. The van der Waals surface area contributed by atoms with Gasteiger partial charge in [-0.2, -0.15) is 0 Å². The van der Waals surface area contributed by atoms with E-state index in [1.165, 1.54) is 0 Å². The number of aryl methyl sites for hydroxylation is 1. The van der Waals surface area contributed by atoms with Gasteiger partial charge in [-0.1, -0.05) is 23.2 Å². The van der Waals surface area contributed by atoms with E-state index in [1.54, 1.807) is 36.4 Å². The number of benzene rings is 2. The Morgan fingerprint density at radius 1 is 1.05 bits per heavy atom. The summed E-state index contributed by atoms with van der Waals surface area (Å²) in [5.41, 5.74) is 8.23. The molecule has 5 heteroatoms. The second-order valence-electron chi connectivity index (χ2n) is 4.24. The van der Waals surface area contributed by atoms with Gasteiger partial charge in [-0.05, 0) is 48.9 Å². The van der Waals surface area contributed by atoms with Crippen molar-refractivity contribution < 1.29 is 4.79 Å². The average molecular weight is 295 g/mol. The predicted octanol–water partition coefficient (Wildman–Crippen LogP) is 4.14. The van der Waals surface area contributed by atoms with Crippen LogP contribution in [-0.2, 0) is 0 Å². The van der Waals surface area contributed by atoms with E-state index in [4.69, 9.17) is 28.9 Å². The Balaban J connectivity index is 2.25. The van der Waals surface area contributed by atoms with Crippen molar-refractivity contribution in [2.24, 2.45) is 0 Å². The van der Waals surface area contributed by atoms with Gasteiger partial charge in [0.15, 0.2) is 0 Å². The molecule has 0 saturated carbocycles. The molecule has 0 radical (unpaired) electrons. The molecule has 0 spiro atoms. The molecule has 0 saturated heterocycles. The summed E-state index contributed by atoms with van der Waals surface area (Å²) in [6.45, 7) is 1.88. The third-order valence-electron chi connectivity index (χ3n) is 2.48. The summed E-state index contributed by atoms with van der Waals surface area (Å²) in [6, 6.07) is 10.0. The van der Waals surface area contributed by atoms with Crippen LogP contribution in [0.4, 0.5) is 11.4 Å². The molecule has 2 rings (SSSR count). The Bertz CT molecular complexity index is 601. The Kier molecular flexibility index (Phi) is 3.98. The zero-order valence-electron chi connectivity index (χ0n) is 10.2. The number of nitrogen functional groups attached to an aromatic ring is 1. The maximum Gasteiger partial charge on any atom is 0.255 e. The molecule has 0 fully saturated rings. The molecule has 0 unspecified atom stereocenters. The zero-order chi connectivity index (χ0) is 14.0. The van der Waals surface area contributed by atoms with E-state index in [0.29, 0.717) is 27.0 Å². The van der Waals surface area contributed by atoms with Gasteiger partial charge in [0, 0.05) is 27.0 Å². The lowest BCUT2D eigenvalue weighted by atomic mass is 10.1. The zero-order valence-corrected chi connectivity index (χ0v) is 11.7. The van der Waals surface area contributed by atoms with E-state index >= 15 is 0 Å². The predicted molar refractivity (Wildman–Crippen MR) is 80.0 cm³/mol. The minimum Gasteiger partial charge on any atom is -0.399 e. The Labute approximate surface area is 121 Å². The number of carbonyl (C=O) groups excluding carboxylic acids is 1. The van der Waals surface area contributed by atoms with Crippen molar-refractivity contribution in [3.8, 4) is 0 Å². The molecule has 0 aliphatic heterocycles. The normalized spacial score (nSPS) is 10.3. The van der Waals surface area contributed by atoms with Gasteiger partial charge in [0.1, 0.15) is 0 Å². The third kappa shape index (κ3) is 3.63. The molecule has 0 bridgehead atoms. The number of anilines is 2. The number of halogens is 2. The molecular formula is C14H12Cl2N2O. The number of nitrogens with two attached hydrogens (primary N) is 1. The largest absolute Gasteiger partial charge is 0.399 e. The lowest BCUT2D eigenvalue weighted by molar-refractivity contribution is 0.102. The molecular weight excluding hydrogens is 283 g/mol. The SMILES string of the molecule is Cc1cc(N)cc(C(=O)Nc2cc(Cl)cc(Cl)c2)c1. The van der Waals surface area contributed by atoms with E-state index in [9.17, 15) is 4.79 Å². The highest BCUT2D eigenvalue weighted by atomic mass is 35.5. The average Bonchev–Trinajstić information content (AvgIpc) is 2.25. The lowest BCUT2D eigenvalue weighted by Crippen LogP contribution is -2.12. The van der Waals surface area contributed by atoms with E-state index in [1.807, 2.05) is 6.92 Å². The molecule has 0 heterocycles. The van der Waals surface area contributed by atoms with E-state index in [0.717, 1.165) is 5.56 Å². The second-order valence-corrected chi connectivity index (χ2v) is 5.12. The summed E-state index contributed by atoms with van der Waals surface area (Å²) in [5, 5.41) is 3.66. The third-order valence-corrected chi connectivity index (χ3v) is 2.92. The van der Waals surface area contributed by atoms with Crippen LogP contribution in [0.3, 0.4) is 0 Å². The Morgan fingerprint density at radius 2 is 1.68 bits per heavy atom. The van der Waals surface area contributed by atoms with Crippen LogP contribution < -0.4 is 11.1 Å². The number of carbonyl (C=O) groups is 1. The first-order chi connectivity index (χ1) is 8.94. The van der Waals surface area contributed by atoms with Gasteiger partial charge in [0.25, 0.3) is 5.91 Å². The number of hydrogen-bond acceptors (Lipinski definition) is 2. The van der Waals surface area contributed by atoms with Crippen molar-refractivity contribution in [2.75, 3.05) is 11.1 Å². The van der Waals surface area contributed by atoms with Crippen LogP contribution in [0.2, 0.25) is 10.0 Å². The summed E-state index contributed by atoms with van der Waals surface area (Å²) < 4.78 is 0. The van der Waals surface area contributed by atoms with Crippen molar-refractivity contribution in [3.05, 3.63) is 57.6 Å². The summed E-state index contributed by atoms with van der Waals surface area (Å²) in [4.78, 5) is 12.1. The van der Waals surface area contributed by atoms with Crippen LogP contribution in [0.25, 0.3) is 0 Å². The number of amides is 1. The first-order valence-corrected chi connectivity index (χ1v) is 6.34. The van der Waals surface area contributed by atoms with Gasteiger partial charge in [-0.15, -0.1) is 0 Å². The fourth-order valence-electron chi connectivity index (χ4n) is 1.77. The van der Waals surface area contributed by atoms with Crippen molar-refractivity contribution in [1.82, 2.24) is 0 Å². The number of nitrogens with one attached hydrogen (secondary N) is 1. The lowest BCUT2D eigenvalue weighted by Gasteiger charge is -2.08. The fraction of sp³-hybridized carbons (Fsp3) is 0.0714. The Hall–Kier alpha value is -1.71. The summed E-state index contributed by atoms with van der Waals surface area (Å²) >= 11 is 11.7. The Morgan fingerprint density at radius 3 is 2.26 bits per heavy atom. The molecule has 19 heavy (non-hydrogen) atoms. The maximum atomic E-state index is 12.1. The second kappa shape index (κ2) is 5.51. The standard InChI is InChI=1S/C14H12Cl2N2O/c1-8-2-9(4-12(17)3-8)14(19)18-13-6-10(15)5-11(16)7-13/h2-7H,17H2,1H3,(H,18,19). The number of hydrogen-bond donors (Lipinski definition) is 2. The molecule has 1 amide bonds. The van der Waals surface area contributed by atoms with Crippen LogP contribution in [0.15, 0.2) is 36.4 Å². The van der Waals surface area contributed by atoms with Gasteiger partial charge in [-0.3, -0.25) is 4.79 Å². The van der Waals surface area contributed by atoms with Gasteiger partial charge in [0.05, 0.1) is 0 Å². The van der Waals surface area contributed by atoms with Crippen molar-refractivity contribution in [3.63, 3.8) is 0 Å². The smallest absolute Gasteiger partial charge is 0.255 e. The molecule has 0 aliphatic rings. The quantitative estimate of drug-likeness (QED) is 0.818. The molecule has 3 nitrogen and oxygen atoms in total. The minimum atomic E-state index is -0.256. The minimum absolute atomic E-state index is 0.256. The summed E-state index contributed by atoms with van der Waals surface area (Å²) in [7, 11) is 0. The molecule has 2 aromatic carbocycles. The van der Waals surface area contributed by atoms with Crippen molar-refractivity contribution in [2.45, 2.75) is 6.92 Å². The van der Waals surface area contributed by atoms with Crippen LogP contribution >= 0.6 is 23.2 Å². The molecule has 0 aromatic heterocycles. The monoisotopic (exact) mass is 294 g/mol. The number of rotatable bonds is 2. The van der Waals surface area contributed by atoms with Gasteiger partial charge in [0.2, 0.25) is 0 Å². The van der Waals surface area contributed by atoms with Gasteiger partial charge >= 0.3 is 0 Å². The molecule has 3 N–H and O–H groups in total. The van der Waals surface area contributed by atoms with Crippen molar-refractivity contribution >= 4 is 40.5 Å². The van der Waals surface area contributed by atoms with Crippen LogP contribution in [0.1, 0.15) is 15.9 Å². The van der Waals surface area contributed by atoms with Gasteiger partial charge in [-0.25, -0.2) is 0 Å².